The average molecular weight is 363 g/mol. The number of allylic oxidation sites excluding steroid dienone is 1. The summed E-state index contributed by atoms with van der Waals surface area (Å²) in [7, 11) is 0. The van der Waals surface area contributed by atoms with Gasteiger partial charge in [0.25, 0.3) is 0 Å². The molecule has 5 nitrogen and oxygen atoms in total. The van der Waals surface area contributed by atoms with Crippen LogP contribution in [-0.4, -0.2) is 42.0 Å². The quantitative estimate of drug-likeness (QED) is 0.417. The predicted octanol–water partition coefficient (Wildman–Crippen LogP) is 3.43. The monoisotopic (exact) mass is 362 g/mol. The standard InChI is InChI=1S/C21H34N2O3/c1-5-6-7-11-14-22-16-19(24)18(15-17-12-9-8-10-13-17)23-20(25)26-21(2,3)4/h5,8-10,12-13,18-19,22,24H,1,6-7,11,14-16H2,2-4H3,(H,23,25)/t18-,19+/m0/s1. The summed E-state index contributed by atoms with van der Waals surface area (Å²) in [6, 6.07) is 9.39. The summed E-state index contributed by atoms with van der Waals surface area (Å²) in [5.74, 6) is 0. The third-order valence-electron chi connectivity index (χ3n) is 3.83. The second-order valence-electron chi connectivity index (χ2n) is 7.50. The van der Waals surface area contributed by atoms with Gasteiger partial charge in [0.1, 0.15) is 5.60 Å². The van der Waals surface area contributed by atoms with Crippen molar-refractivity contribution >= 4 is 6.09 Å². The Kier molecular flexibility index (Phi) is 9.99. The highest BCUT2D eigenvalue weighted by molar-refractivity contribution is 5.68. The minimum atomic E-state index is -0.706. The second-order valence-corrected chi connectivity index (χ2v) is 7.50. The van der Waals surface area contributed by atoms with E-state index in [0.717, 1.165) is 31.4 Å². The summed E-state index contributed by atoms with van der Waals surface area (Å²) in [5.41, 5.74) is 0.481. The van der Waals surface area contributed by atoms with E-state index in [1.165, 1.54) is 0 Å². The van der Waals surface area contributed by atoms with Gasteiger partial charge in [-0.05, 0) is 58.6 Å². The zero-order valence-electron chi connectivity index (χ0n) is 16.3. The molecule has 0 unspecified atom stereocenters. The molecule has 0 aliphatic rings. The van der Waals surface area contributed by atoms with Gasteiger partial charge in [-0.25, -0.2) is 4.79 Å². The van der Waals surface area contributed by atoms with Crippen LogP contribution >= 0.6 is 0 Å². The number of amides is 1. The Morgan fingerprint density at radius 3 is 2.58 bits per heavy atom. The van der Waals surface area contributed by atoms with Gasteiger partial charge >= 0.3 is 6.09 Å². The van der Waals surface area contributed by atoms with Crippen LogP contribution in [0, 0.1) is 0 Å². The Bertz CT molecular complexity index is 526. The maximum absolute atomic E-state index is 12.1. The van der Waals surface area contributed by atoms with E-state index in [4.69, 9.17) is 4.74 Å². The Morgan fingerprint density at radius 2 is 1.96 bits per heavy atom. The van der Waals surface area contributed by atoms with E-state index in [-0.39, 0.29) is 0 Å². The van der Waals surface area contributed by atoms with Gasteiger partial charge in [-0.3, -0.25) is 0 Å². The van der Waals surface area contributed by atoms with Crippen molar-refractivity contribution in [3.63, 3.8) is 0 Å². The minimum Gasteiger partial charge on any atom is -0.444 e. The van der Waals surface area contributed by atoms with Gasteiger partial charge in [0.2, 0.25) is 0 Å². The van der Waals surface area contributed by atoms with E-state index < -0.39 is 23.8 Å². The van der Waals surface area contributed by atoms with Crippen LogP contribution < -0.4 is 10.6 Å². The molecule has 0 aromatic heterocycles. The van der Waals surface area contributed by atoms with Crippen LogP contribution in [-0.2, 0) is 11.2 Å². The van der Waals surface area contributed by atoms with Crippen molar-refractivity contribution in [1.82, 2.24) is 10.6 Å². The van der Waals surface area contributed by atoms with E-state index in [1.54, 1.807) is 0 Å². The smallest absolute Gasteiger partial charge is 0.407 e. The van der Waals surface area contributed by atoms with Crippen LogP contribution in [0.3, 0.4) is 0 Å². The van der Waals surface area contributed by atoms with Crippen molar-refractivity contribution in [2.45, 2.75) is 64.2 Å². The molecule has 0 bridgehead atoms. The van der Waals surface area contributed by atoms with E-state index in [2.05, 4.69) is 17.2 Å². The zero-order valence-corrected chi connectivity index (χ0v) is 16.3. The Balaban J connectivity index is 2.58. The first-order chi connectivity index (χ1) is 12.3. The topological polar surface area (TPSA) is 70.6 Å². The Hall–Kier alpha value is -1.85. The number of rotatable bonds is 11. The molecule has 2 atom stereocenters. The highest BCUT2D eigenvalue weighted by Crippen LogP contribution is 2.10. The molecule has 146 valence electrons. The number of benzene rings is 1. The maximum atomic E-state index is 12.1. The minimum absolute atomic E-state index is 0.418. The van der Waals surface area contributed by atoms with Gasteiger partial charge in [0.05, 0.1) is 12.1 Å². The lowest BCUT2D eigenvalue weighted by Gasteiger charge is -2.27. The SMILES string of the molecule is C=CCCCCNC[C@@H](O)[C@H](Cc1ccccc1)NC(=O)OC(C)(C)C. The molecule has 0 aliphatic heterocycles. The number of carbonyl (C=O) groups excluding carboxylic acids is 1. The predicted molar refractivity (Wildman–Crippen MR) is 106 cm³/mol. The van der Waals surface area contributed by atoms with Crippen LogP contribution in [0.1, 0.15) is 45.6 Å². The molecule has 0 fully saturated rings. The Labute approximate surface area is 157 Å². The summed E-state index contributed by atoms with van der Waals surface area (Å²) >= 11 is 0. The van der Waals surface area contributed by atoms with E-state index in [1.807, 2.05) is 57.2 Å². The third-order valence-corrected chi connectivity index (χ3v) is 3.83. The highest BCUT2D eigenvalue weighted by atomic mass is 16.6. The number of alkyl carbamates (subject to hydrolysis) is 1. The van der Waals surface area contributed by atoms with Crippen molar-refractivity contribution in [3.05, 3.63) is 48.6 Å². The van der Waals surface area contributed by atoms with Gasteiger partial charge in [0.15, 0.2) is 0 Å². The third kappa shape index (κ3) is 10.2. The van der Waals surface area contributed by atoms with Crippen LogP contribution in [0.5, 0.6) is 0 Å². The molecule has 0 heterocycles. The fourth-order valence-corrected chi connectivity index (χ4v) is 2.54. The lowest BCUT2D eigenvalue weighted by Crippen LogP contribution is -2.50. The van der Waals surface area contributed by atoms with Gasteiger partial charge in [0, 0.05) is 6.54 Å². The fraction of sp³-hybridized carbons (Fsp3) is 0.571. The molecule has 26 heavy (non-hydrogen) atoms. The van der Waals surface area contributed by atoms with Gasteiger partial charge < -0.3 is 20.5 Å². The van der Waals surface area contributed by atoms with Crippen LogP contribution in [0.4, 0.5) is 4.79 Å². The van der Waals surface area contributed by atoms with Gasteiger partial charge in [-0.15, -0.1) is 6.58 Å². The molecular formula is C21H34N2O3. The molecule has 3 N–H and O–H groups in total. The lowest BCUT2D eigenvalue weighted by atomic mass is 10.0. The van der Waals surface area contributed by atoms with E-state index >= 15 is 0 Å². The maximum Gasteiger partial charge on any atom is 0.407 e. The lowest BCUT2D eigenvalue weighted by molar-refractivity contribution is 0.0422. The molecule has 1 aromatic carbocycles. The van der Waals surface area contributed by atoms with Crippen LogP contribution in [0.2, 0.25) is 0 Å². The molecule has 0 radical (unpaired) electrons. The number of ether oxygens (including phenoxy) is 1. The molecule has 5 heteroatoms. The highest BCUT2D eigenvalue weighted by Gasteiger charge is 2.24. The van der Waals surface area contributed by atoms with E-state index in [0.29, 0.717) is 13.0 Å². The summed E-state index contributed by atoms with van der Waals surface area (Å²) in [5, 5.41) is 16.6. The van der Waals surface area contributed by atoms with Crippen molar-refractivity contribution < 1.29 is 14.6 Å². The molecule has 0 aliphatic carbocycles. The zero-order chi connectivity index (χ0) is 19.4. The molecule has 1 rings (SSSR count). The van der Waals surface area contributed by atoms with Crippen LogP contribution in [0.15, 0.2) is 43.0 Å². The summed E-state index contributed by atoms with van der Waals surface area (Å²) in [6.45, 7) is 10.4. The van der Waals surface area contributed by atoms with Crippen molar-refractivity contribution in [3.8, 4) is 0 Å². The summed E-state index contributed by atoms with van der Waals surface area (Å²) < 4.78 is 5.34. The summed E-state index contributed by atoms with van der Waals surface area (Å²) in [4.78, 5) is 12.1. The number of aliphatic hydroxyl groups is 1. The molecular weight excluding hydrogens is 328 g/mol. The van der Waals surface area contributed by atoms with Crippen LogP contribution in [0.25, 0.3) is 0 Å². The molecule has 0 saturated carbocycles. The average Bonchev–Trinajstić information content (AvgIpc) is 2.56. The number of carbonyl (C=O) groups is 1. The Morgan fingerprint density at radius 1 is 1.27 bits per heavy atom. The van der Waals surface area contributed by atoms with Crippen molar-refractivity contribution in [2.75, 3.05) is 13.1 Å². The molecule has 0 spiro atoms. The first-order valence-corrected chi connectivity index (χ1v) is 9.35. The largest absolute Gasteiger partial charge is 0.444 e. The number of unbranched alkanes of at least 4 members (excludes halogenated alkanes) is 2. The number of nitrogens with one attached hydrogen (secondary N) is 2. The number of hydrogen-bond donors (Lipinski definition) is 3. The second kappa shape index (κ2) is 11.7. The van der Waals surface area contributed by atoms with Gasteiger partial charge in [-0.2, -0.15) is 0 Å². The fourth-order valence-electron chi connectivity index (χ4n) is 2.54. The molecule has 1 amide bonds. The summed E-state index contributed by atoms with van der Waals surface area (Å²) in [6.07, 6.45) is 4.35. The van der Waals surface area contributed by atoms with Gasteiger partial charge in [-0.1, -0.05) is 36.4 Å². The molecule has 1 aromatic rings. The number of hydrogen-bond acceptors (Lipinski definition) is 4. The van der Waals surface area contributed by atoms with Crippen molar-refractivity contribution in [2.24, 2.45) is 0 Å². The number of aliphatic hydroxyl groups excluding tert-OH is 1. The molecule has 0 saturated heterocycles. The van der Waals surface area contributed by atoms with Crippen molar-refractivity contribution in [1.29, 1.82) is 0 Å². The first-order valence-electron chi connectivity index (χ1n) is 9.35. The first kappa shape index (κ1) is 22.2. The van der Waals surface area contributed by atoms with E-state index in [9.17, 15) is 9.90 Å². The normalized spacial score (nSPS) is 13.7.